The first-order valence-corrected chi connectivity index (χ1v) is 5.77. The van der Waals surface area contributed by atoms with Crippen LogP contribution in [0.2, 0.25) is 5.02 Å². The summed E-state index contributed by atoms with van der Waals surface area (Å²) < 4.78 is 13.2. The molecule has 2 aromatic carbocycles. The summed E-state index contributed by atoms with van der Waals surface area (Å²) in [4.78, 5) is 11.9. The van der Waals surface area contributed by atoms with E-state index in [9.17, 15) is 9.18 Å². The zero-order valence-corrected chi connectivity index (χ0v) is 10.2. The van der Waals surface area contributed by atoms with E-state index in [2.05, 4.69) is 0 Å². The lowest BCUT2D eigenvalue weighted by atomic mass is 10.0. The van der Waals surface area contributed by atoms with Gasteiger partial charge >= 0.3 is 0 Å². The molecule has 0 saturated heterocycles. The Bertz CT molecular complexity index is 581. The van der Waals surface area contributed by atoms with E-state index in [0.717, 1.165) is 0 Å². The van der Waals surface area contributed by atoms with Gasteiger partial charge in [0.15, 0.2) is 5.78 Å². The highest BCUT2D eigenvalue weighted by Gasteiger charge is 2.08. The second-order valence-electron chi connectivity index (χ2n) is 3.97. The van der Waals surface area contributed by atoms with Crippen molar-refractivity contribution in [1.82, 2.24) is 0 Å². The fourth-order valence-electron chi connectivity index (χ4n) is 1.61. The molecule has 0 radical (unpaired) electrons. The largest absolute Gasteiger partial charge is 0.399 e. The summed E-state index contributed by atoms with van der Waals surface area (Å²) in [7, 11) is 0. The highest BCUT2D eigenvalue weighted by molar-refractivity contribution is 6.30. The van der Waals surface area contributed by atoms with Crippen LogP contribution in [0, 0.1) is 5.82 Å². The van der Waals surface area contributed by atoms with Gasteiger partial charge in [0, 0.05) is 17.7 Å². The molecule has 2 N–H and O–H groups in total. The van der Waals surface area contributed by atoms with Crippen LogP contribution in [0.5, 0.6) is 0 Å². The fraction of sp³-hybridized carbons (Fsp3) is 0.0714. The number of carbonyl (C=O) groups is 1. The molecule has 0 aliphatic rings. The van der Waals surface area contributed by atoms with Gasteiger partial charge in [-0.15, -0.1) is 0 Å². The van der Waals surface area contributed by atoms with Crippen LogP contribution in [-0.2, 0) is 6.42 Å². The van der Waals surface area contributed by atoms with Crippen molar-refractivity contribution >= 4 is 23.1 Å². The van der Waals surface area contributed by atoms with Crippen LogP contribution >= 0.6 is 11.6 Å². The average Bonchev–Trinajstić information content (AvgIpc) is 2.34. The van der Waals surface area contributed by atoms with Gasteiger partial charge in [0.05, 0.1) is 5.02 Å². The Morgan fingerprint density at radius 2 is 1.83 bits per heavy atom. The van der Waals surface area contributed by atoms with Crippen LogP contribution in [0.4, 0.5) is 10.1 Å². The highest BCUT2D eigenvalue weighted by atomic mass is 35.5. The third-order valence-electron chi connectivity index (χ3n) is 2.58. The maximum atomic E-state index is 13.2. The Morgan fingerprint density at radius 1 is 1.17 bits per heavy atom. The van der Waals surface area contributed by atoms with Crippen molar-refractivity contribution < 1.29 is 9.18 Å². The number of halogens is 2. The molecule has 0 spiro atoms. The first-order chi connectivity index (χ1) is 8.56. The van der Waals surface area contributed by atoms with Crippen LogP contribution < -0.4 is 5.73 Å². The van der Waals surface area contributed by atoms with Crippen LogP contribution in [-0.4, -0.2) is 5.78 Å². The SMILES string of the molecule is Nc1ccc(C(=O)Cc2ccc(Cl)c(F)c2)cc1. The summed E-state index contributed by atoms with van der Waals surface area (Å²) >= 11 is 5.58. The molecule has 0 saturated carbocycles. The smallest absolute Gasteiger partial charge is 0.167 e. The Labute approximate surface area is 109 Å². The average molecular weight is 264 g/mol. The van der Waals surface area contributed by atoms with E-state index < -0.39 is 5.82 Å². The quantitative estimate of drug-likeness (QED) is 0.680. The van der Waals surface area contributed by atoms with Crippen molar-refractivity contribution in [2.24, 2.45) is 0 Å². The molecule has 0 bridgehead atoms. The van der Waals surface area contributed by atoms with Crippen molar-refractivity contribution in [2.45, 2.75) is 6.42 Å². The normalized spacial score (nSPS) is 10.3. The summed E-state index contributed by atoms with van der Waals surface area (Å²) in [6.45, 7) is 0. The van der Waals surface area contributed by atoms with Gasteiger partial charge in [-0.1, -0.05) is 17.7 Å². The molecule has 18 heavy (non-hydrogen) atoms. The number of hydrogen-bond donors (Lipinski definition) is 1. The van der Waals surface area contributed by atoms with Gasteiger partial charge < -0.3 is 5.73 Å². The van der Waals surface area contributed by atoms with E-state index >= 15 is 0 Å². The second kappa shape index (κ2) is 5.19. The molecule has 0 aliphatic heterocycles. The fourth-order valence-corrected chi connectivity index (χ4v) is 1.72. The van der Waals surface area contributed by atoms with E-state index in [1.807, 2.05) is 0 Å². The first-order valence-electron chi connectivity index (χ1n) is 5.39. The number of Topliss-reactive ketones (excluding diaryl/α,β-unsaturated/α-hetero) is 1. The molecule has 0 heterocycles. The van der Waals surface area contributed by atoms with Gasteiger partial charge in [-0.05, 0) is 42.0 Å². The Hall–Kier alpha value is -1.87. The van der Waals surface area contributed by atoms with Crippen molar-refractivity contribution in [1.29, 1.82) is 0 Å². The number of rotatable bonds is 3. The number of anilines is 1. The molecule has 0 aromatic heterocycles. The molecule has 2 nitrogen and oxygen atoms in total. The maximum absolute atomic E-state index is 13.2. The van der Waals surface area contributed by atoms with E-state index in [1.54, 1.807) is 30.3 Å². The van der Waals surface area contributed by atoms with Crippen LogP contribution in [0.15, 0.2) is 42.5 Å². The van der Waals surface area contributed by atoms with Gasteiger partial charge in [0.2, 0.25) is 0 Å². The number of carbonyl (C=O) groups excluding carboxylic acids is 1. The lowest BCUT2D eigenvalue weighted by Gasteiger charge is -2.03. The minimum Gasteiger partial charge on any atom is -0.399 e. The summed E-state index contributed by atoms with van der Waals surface area (Å²) in [5, 5.41) is 0.0543. The third kappa shape index (κ3) is 2.87. The molecule has 0 atom stereocenters. The summed E-state index contributed by atoms with van der Waals surface area (Å²) in [5.41, 5.74) is 7.29. The molecular formula is C14H11ClFNO. The molecule has 0 amide bonds. The van der Waals surface area contributed by atoms with E-state index in [1.165, 1.54) is 12.1 Å². The van der Waals surface area contributed by atoms with Crippen molar-refractivity contribution in [3.05, 3.63) is 64.4 Å². The van der Waals surface area contributed by atoms with Crippen LogP contribution in [0.3, 0.4) is 0 Å². The van der Waals surface area contributed by atoms with E-state index in [-0.39, 0.29) is 17.2 Å². The molecule has 0 unspecified atom stereocenters. The Morgan fingerprint density at radius 3 is 2.44 bits per heavy atom. The van der Waals surface area contributed by atoms with Crippen LogP contribution in [0.25, 0.3) is 0 Å². The minimum absolute atomic E-state index is 0.0543. The summed E-state index contributed by atoms with van der Waals surface area (Å²) in [5.74, 6) is -0.601. The molecule has 2 aromatic rings. The summed E-state index contributed by atoms with van der Waals surface area (Å²) in [6, 6.07) is 11.0. The lowest BCUT2D eigenvalue weighted by Crippen LogP contribution is -2.04. The number of ketones is 1. The topological polar surface area (TPSA) is 43.1 Å². The van der Waals surface area contributed by atoms with Crippen molar-refractivity contribution in [2.75, 3.05) is 5.73 Å². The molecule has 4 heteroatoms. The van der Waals surface area contributed by atoms with E-state index in [0.29, 0.717) is 16.8 Å². The standard InChI is InChI=1S/C14H11ClFNO/c15-12-6-1-9(7-13(12)16)8-14(18)10-2-4-11(17)5-3-10/h1-7H,8,17H2. The van der Waals surface area contributed by atoms with Crippen molar-refractivity contribution in [3.63, 3.8) is 0 Å². The molecule has 0 fully saturated rings. The van der Waals surface area contributed by atoms with Gasteiger partial charge in [0.25, 0.3) is 0 Å². The maximum Gasteiger partial charge on any atom is 0.167 e. The zero-order chi connectivity index (χ0) is 13.1. The zero-order valence-electron chi connectivity index (χ0n) is 9.49. The van der Waals surface area contributed by atoms with Gasteiger partial charge in [-0.3, -0.25) is 4.79 Å². The monoisotopic (exact) mass is 263 g/mol. The number of nitrogen functional groups attached to an aromatic ring is 1. The van der Waals surface area contributed by atoms with E-state index in [4.69, 9.17) is 17.3 Å². The number of hydrogen-bond acceptors (Lipinski definition) is 2. The molecule has 2 rings (SSSR count). The Kier molecular flexibility index (Phi) is 3.63. The predicted molar refractivity (Wildman–Crippen MR) is 70.3 cm³/mol. The molecule has 0 aliphatic carbocycles. The Balaban J connectivity index is 2.16. The third-order valence-corrected chi connectivity index (χ3v) is 2.89. The molecule has 92 valence electrons. The number of nitrogens with two attached hydrogens (primary N) is 1. The second-order valence-corrected chi connectivity index (χ2v) is 4.38. The highest BCUT2D eigenvalue weighted by Crippen LogP contribution is 2.17. The summed E-state index contributed by atoms with van der Waals surface area (Å²) in [6.07, 6.45) is 0.137. The predicted octanol–water partition coefficient (Wildman–Crippen LogP) is 3.49. The number of benzene rings is 2. The van der Waals surface area contributed by atoms with Gasteiger partial charge in [-0.25, -0.2) is 4.39 Å². The van der Waals surface area contributed by atoms with Gasteiger partial charge in [0.1, 0.15) is 5.82 Å². The van der Waals surface area contributed by atoms with Gasteiger partial charge in [-0.2, -0.15) is 0 Å². The van der Waals surface area contributed by atoms with Crippen LogP contribution in [0.1, 0.15) is 15.9 Å². The van der Waals surface area contributed by atoms with Crippen molar-refractivity contribution in [3.8, 4) is 0 Å². The lowest BCUT2D eigenvalue weighted by molar-refractivity contribution is 0.0993. The first kappa shape index (κ1) is 12.6. The minimum atomic E-state index is -0.515. The molecular weight excluding hydrogens is 253 g/mol.